The summed E-state index contributed by atoms with van der Waals surface area (Å²) in [7, 11) is 1.59. The van der Waals surface area contributed by atoms with E-state index >= 15 is 0 Å². The summed E-state index contributed by atoms with van der Waals surface area (Å²) in [6.45, 7) is -0.539. The average molecular weight is 465 g/mol. The Kier molecular flexibility index (Phi) is 6.60. The van der Waals surface area contributed by atoms with Gasteiger partial charge in [-0.25, -0.2) is 9.80 Å². The molecule has 0 saturated heterocycles. The summed E-state index contributed by atoms with van der Waals surface area (Å²) in [5.74, 6) is -0.917. The van der Waals surface area contributed by atoms with Crippen molar-refractivity contribution in [3.63, 3.8) is 0 Å². The Labute approximate surface area is 195 Å². The van der Waals surface area contributed by atoms with E-state index < -0.39 is 18.5 Å². The van der Waals surface area contributed by atoms with Crippen molar-refractivity contribution < 1.29 is 24.2 Å². The van der Waals surface area contributed by atoms with Crippen molar-refractivity contribution in [2.75, 3.05) is 13.7 Å². The van der Waals surface area contributed by atoms with Gasteiger partial charge in [-0.05, 0) is 41.5 Å². The molecule has 33 heavy (non-hydrogen) atoms. The predicted octanol–water partition coefficient (Wildman–Crippen LogP) is 4.59. The summed E-state index contributed by atoms with van der Waals surface area (Å²) in [6.07, 6.45) is 0.505. The lowest BCUT2D eigenvalue weighted by Gasteiger charge is -2.22. The van der Waals surface area contributed by atoms with Crippen LogP contribution in [0.15, 0.2) is 77.9 Å². The van der Waals surface area contributed by atoms with E-state index in [2.05, 4.69) is 5.10 Å². The van der Waals surface area contributed by atoms with Gasteiger partial charge in [0.1, 0.15) is 17.1 Å². The third kappa shape index (κ3) is 4.99. The van der Waals surface area contributed by atoms with E-state index in [-0.39, 0.29) is 22.4 Å². The Balaban J connectivity index is 1.55. The zero-order valence-corrected chi connectivity index (χ0v) is 18.5. The molecule has 0 aromatic heterocycles. The van der Waals surface area contributed by atoms with E-state index in [4.69, 9.17) is 21.1 Å². The smallest absolute Gasteiger partial charge is 0.342 e. The number of esters is 1. The number of halogens is 1. The van der Waals surface area contributed by atoms with Gasteiger partial charge in [0.25, 0.3) is 5.91 Å². The molecule has 3 aromatic rings. The maximum Gasteiger partial charge on any atom is 0.342 e. The topological polar surface area (TPSA) is 88.4 Å². The minimum Gasteiger partial charge on any atom is -0.507 e. The van der Waals surface area contributed by atoms with Gasteiger partial charge in [-0.15, -0.1) is 0 Å². The van der Waals surface area contributed by atoms with Crippen LogP contribution >= 0.6 is 11.6 Å². The SMILES string of the molecule is COc1ccc(C2CC(c3ccccc3)=NN2C(=O)COC(=O)c2cc(Cl)ccc2O)cc1. The lowest BCUT2D eigenvalue weighted by atomic mass is 9.98. The number of aromatic hydroxyl groups is 1. The molecule has 0 bridgehead atoms. The molecule has 1 aliphatic rings. The van der Waals surface area contributed by atoms with Crippen molar-refractivity contribution in [3.8, 4) is 11.5 Å². The largest absolute Gasteiger partial charge is 0.507 e. The van der Waals surface area contributed by atoms with Crippen LogP contribution in [0.5, 0.6) is 11.5 Å². The number of nitrogens with zero attached hydrogens (tertiary/aromatic N) is 2. The van der Waals surface area contributed by atoms with Gasteiger partial charge in [0.2, 0.25) is 0 Å². The highest BCUT2D eigenvalue weighted by Gasteiger charge is 2.33. The third-order valence-electron chi connectivity index (χ3n) is 5.28. The van der Waals surface area contributed by atoms with E-state index in [0.717, 1.165) is 16.8 Å². The summed E-state index contributed by atoms with van der Waals surface area (Å²) < 4.78 is 10.4. The molecular weight excluding hydrogens is 444 g/mol. The van der Waals surface area contributed by atoms with Crippen LogP contribution in [0.25, 0.3) is 0 Å². The first kappa shape index (κ1) is 22.4. The van der Waals surface area contributed by atoms with Gasteiger partial charge in [0.15, 0.2) is 6.61 Å². The van der Waals surface area contributed by atoms with Crippen molar-refractivity contribution >= 4 is 29.2 Å². The van der Waals surface area contributed by atoms with Crippen LogP contribution in [0.3, 0.4) is 0 Å². The Morgan fingerprint density at radius 1 is 1.09 bits per heavy atom. The van der Waals surface area contributed by atoms with Gasteiger partial charge in [0.05, 0.1) is 18.9 Å². The van der Waals surface area contributed by atoms with Crippen LogP contribution in [0.1, 0.15) is 33.9 Å². The molecule has 1 N–H and O–H groups in total. The van der Waals surface area contributed by atoms with E-state index in [0.29, 0.717) is 12.2 Å². The molecule has 7 nitrogen and oxygen atoms in total. The number of ether oxygens (including phenoxy) is 2. The minimum atomic E-state index is -0.851. The minimum absolute atomic E-state index is 0.114. The number of hydrazone groups is 1. The fourth-order valence-electron chi connectivity index (χ4n) is 3.57. The van der Waals surface area contributed by atoms with Crippen molar-refractivity contribution in [3.05, 3.63) is 94.5 Å². The Bertz CT molecular complexity index is 1200. The van der Waals surface area contributed by atoms with Gasteiger partial charge in [-0.2, -0.15) is 5.10 Å². The zero-order valence-electron chi connectivity index (χ0n) is 17.8. The lowest BCUT2D eigenvalue weighted by Crippen LogP contribution is -2.31. The summed E-state index contributed by atoms with van der Waals surface area (Å²) in [5, 5.41) is 16.0. The van der Waals surface area contributed by atoms with Gasteiger partial charge in [0, 0.05) is 11.4 Å². The molecular formula is C25H21ClN2O5. The maximum absolute atomic E-state index is 13.0. The number of carbonyl (C=O) groups is 2. The van der Waals surface area contributed by atoms with Crippen molar-refractivity contribution in [1.29, 1.82) is 0 Å². The molecule has 0 spiro atoms. The number of phenolic OH excluding ortho intramolecular Hbond substituents is 1. The number of hydrogen-bond acceptors (Lipinski definition) is 6. The van der Waals surface area contributed by atoms with Crippen LogP contribution < -0.4 is 4.74 Å². The molecule has 0 saturated carbocycles. The highest BCUT2D eigenvalue weighted by atomic mass is 35.5. The highest BCUT2D eigenvalue weighted by Crippen LogP contribution is 2.33. The Hall–Kier alpha value is -3.84. The van der Waals surface area contributed by atoms with Crippen LogP contribution in [0.4, 0.5) is 0 Å². The summed E-state index contributed by atoms with van der Waals surface area (Å²) >= 11 is 5.89. The lowest BCUT2D eigenvalue weighted by molar-refractivity contribution is -0.136. The summed E-state index contributed by atoms with van der Waals surface area (Å²) in [4.78, 5) is 25.4. The quantitative estimate of drug-likeness (QED) is 0.539. The van der Waals surface area contributed by atoms with E-state index in [1.807, 2.05) is 54.6 Å². The zero-order chi connectivity index (χ0) is 23.4. The number of methoxy groups -OCH3 is 1. The number of hydrogen-bond donors (Lipinski definition) is 1. The number of phenols is 1. The third-order valence-corrected chi connectivity index (χ3v) is 5.51. The van der Waals surface area contributed by atoms with Gasteiger partial charge >= 0.3 is 5.97 Å². The molecule has 0 aliphatic carbocycles. The van der Waals surface area contributed by atoms with E-state index in [1.165, 1.54) is 23.2 Å². The summed E-state index contributed by atoms with van der Waals surface area (Å²) in [5.41, 5.74) is 2.42. The van der Waals surface area contributed by atoms with Crippen molar-refractivity contribution in [2.24, 2.45) is 5.10 Å². The van der Waals surface area contributed by atoms with Crippen LogP contribution in [-0.2, 0) is 9.53 Å². The molecule has 1 amide bonds. The number of benzene rings is 3. The molecule has 1 unspecified atom stereocenters. The monoisotopic (exact) mass is 464 g/mol. The average Bonchev–Trinajstić information content (AvgIpc) is 3.30. The molecule has 0 fully saturated rings. The standard InChI is InChI=1S/C25H21ClN2O5/c1-32-19-10-7-17(8-11-19)22-14-21(16-5-3-2-4-6-16)27-28(22)24(30)15-33-25(31)20-13-18(26)9-12-23(20)29/h2-13,22,29H,14-15H2,1H3. The maximum atomic E-state index is 13.0. The molecule has 0 radical (unpaired) electrons. The molecule has 4 rings (SSSR count). The van der Waals surface area contributed by atoms with Crippen LogP contribution in [0.2, 0.25) is 5.02 Å². The second-order valence-corrected chi connectivity index (χ2v) is 7.82. The van der Waals surface area contributed by atoms with Crippen molar-refractivity contribution in [1.82, 2.24) is 5.01 Å². The number of rotatable bonds is 6. The normalized spacial score (nSPS) is 15.2. The second-order valence-electron chi connectivity index (χ2n) is 7.38. The van der Waals surface area contributed by atoms with Crippen molar-refractivity contribution in [2.45, 2.75) is 12.5 Å². The van der Waals surface area contributed by atoms with E-state index in [9.17, 15) is 14.7 Å². The fourth-order valence-corrected chi connectivity index (χ4v) is 3.75. The van der Waals surface area contributed by atoms with Gasteiger partial charge < -0.3 is 14.6 Å². The number of carbonyl (C=O) groups excluding carboxylic acids is 2. The molecule has 168 valence electrons. The molecule has 1 heterocycles. The first-order valence-electron chi connectivity index (χ1n) is 10.2. The van der Waals surface area contributed by atoms with Gasteiger partial charge in [-0.3, -0.25) is 4.79 Å². The molecule has 1 atom stereocenters. The van der Waals surface area contributed by atoms with E-state index in [1.54, 1.807) is 7.11 Å². The highest BCUT2D eigenvalue weighted by molar-refractivity contribution is 6.31. The molecule has 1 aliphatic heterocycles. The summed E-state index contributed by atoms with van der Waals surface area (Å²) in [6, 6.07) is 20.6. The molecule has 3 aromatic carbocycles. The Morgan fingerprint density at radius 3 is 2.52 bits per heavy atom. The van der Waals surface area contributed by atoms with Crippen LogP contribution in [0, 0.1) is 0 Å². The molecule has 8 heteroatoms. The predicted molar refractivity (Wildman–Crippen MR) is 124 cm³/mol. The fraction of sp³-hybridized carbons (Fsp3) is 0.160. The second kappa shape index (κ2) is 9.75. The first-order chi connectivity index (χ1) is 16.0. The van der Waals surface area contributed by atoms with Gasteiger partial charge in [-0.1, -0.05) is 54.1 Å². The first-order valence-corrected chi connectivity index (χ1v) is 10.6. The number of amides is 1. The van der Waals surface area contributed by atoms with Crippen LogP contribution in [-0.4, -0.2) is 41.4 Å². The Morgan fingerprint density at radius 2 is 1.82 bits per heavy atom.